The number of hydrogen-bond donors (Lipinski definition) is 2. The lowest BCUT2D eigenvalue weighted by Gasteiger charge is -2.22. The van der Waals surface area contributed by atoms with E-state index >= 15 is 0 Å². The van der Waals surface area contributed by atoms with Crippen molar-refractivity contribution in [2.24, 2.45) is 59.2 Å². The van der Waals surface area contributed by atoms with Crippen LogP contribution in [-0.2, 0) is 44.9 Å². The zero-order chi connectivity index (χ0) is 98.2. The monoisotopic (exact) mass is 1820 g/mol. The number of carbonyl (C=O) groups is 1. The molecule has 0 unspecified atom stereocenters. The van der Waals surface area contributed by atoms with Crippen LogP contribution in [0.3, 0.4) is 0 Å². The Kier molecular flexibility index (Phi) is 53.7. The molecule has 135 heavy (non-hydrogen) atoms. The first-order valence-electron chi connectivity index (χ1n) is 49.7. The maximum Gasteiger partial charge on any atom is 0.155 e. The average molecular weight is 1820 g/mol. The number of fused-ring (bicyclic) bond motifs is 1. The van der Waals surface area contributed by atoms with E-state index in [4.69, 9.17) is 29.2 Å². The molecule has 7 atom stereocenters. The molecule has 2 N–H and O–H groups in total. The third-order valence-corrected chi connectivity index (χ3v) is 25.2. The lowest BCUT2D eigenvalue weighted by molar-refractivity contribution is -0.121. The van der Waals surface area contributed by atoms with Crippen molar-refractivity contribution in [3.63, 3.8) is 0 Å². The van der Waals surface area contributed by atoms with Crippen molar-refractivity contribution >= 4 is 5.78 Å². The van der Waals surface area contributed by atoms with Crippen LogP contribution in [0.15, 0.2) is 370 Å². The first kappa shape index (κ1) is 113. The van der Waals surface area contributed by atoms with Gasteiger partial charge in [0.05, 0.1) is 46.8 Å². The van der Waals surface area contributed by atoms with Crippen molar-refractivity contribution in [2.45, 2.75) is 206 Å². The Morgan fingerprint density at radius 1 is 0.319 bits per heavy atom. The van der Waals surface area contributed by atoms with E-state index in [0.29, 0.717) is 90.1 Å². The van der Waals surface area contributed by atoms with Crippen LogP contribution in [0.2, 0.25) is 0 Å². The molecule has 0 saturated carbocycles. The lowest BCUT2D eigenvalue weighted by atomic mass is 9.82. The summed E-state index contributed by atoms with van der Waals surface area (Å²) in [4.78, 5) is 10.8. The van der Waals surface area contributed by atoms with Gasteiger partial charge in [0.15, 0.2) is 5.78 Å². The summed E-state index contributed by atoms with van der Waals surface area (Å²) in [5, 5.41) is 18.3. The van der Waals surface area contributed by atoms with Gasteiger partial charge >= 0.3 is 0 Å². The zero-order valence-electron chi connectivity index (χ0n) is 86.0. The van der Waals surface area contributed by atoms with Crippen LogP contribution in [0.1, 0.15) is 251 Å². The highest BCUT2D eigenvalue weighted by atomic mass is 16.5. The van der Waals surface area contributed by atoms with Gasteiger partial charge in [0.2, 0.25) is 0 Å². The molecule has 0 spiro atoms. The first-order chi connectivity index (χ1) is 65.1. The highest BCUT2D eigenvalue weighted by Crippen LogP contribution is 2.37. The van der Waals surface area contributed by atoms with Crippen molar-refractivity contribution in [2.75, 3.05) is 53.9 Å². The van der Waals surface area contributed by atoms with Gasteiger partial charge < -0.3 is 29.2 Å². The number of carbonyl (C=O) groups excluding carboxylic acids is 1. The summed E-state index contributed by atoms with van der Waals surface area (Å²) in [6.07, 6.45) is 3.74. The van der Waals surface area contributed by atoms with Crippen LogP contribution in [0.5, 0.6) is 5.75 Å². The average Bonchev–Trinajstić information content (AvgIpc) is 1.72. The topological polar surface area (TPSA) is 94.5 Å². The molecule has 0 aromatic heterocycles. The second kappa shape index (κ2) is 64.2. The minimum absolute atomic E-state index is 0.0792. The van der Waals surface area contributed by atoms with Gasteiger partial charge in [-0.05, 0) is 188 Å². The van der Waals surface area contributed by atoms with Gasteiger partial charge in [0, 0.05) is 48.5 Å². The highest BCUT2D eigenvalue weighted by molar-refractivity contribution is 5.76. The fourth-order valence-electron chi connectivity index (χ4n) is 17.2. The molecule has 720 valence electrons. The Hall–Kier alpha value is -10.9. The van der Waals surface area contributed by atoms with Gasteiger partial charge in [0.1, 0.15) is 12.4 Å². The molecule has 1 aliphatic carbocycles. The standard InChI is InChI=1S/C18H22O.C17H20O.C17H20.C16H18.C14H20O2.C12H18O.C12H16.2C11H16O/c1-15(2)18(17-11-7-4-8-12-17)14-19-13-16-9-5-3-6-10-16;1-13(2)17(14-7-5-4-6-8-14)15-9-11-16(18-3)12-10-15;1-13(2)17(15-7-5-4-6-8-15)16-11-9-14(3)10-12-16;1-13(2)12-15-10-6-7-11-16(15)14-8-4-3-5-9-14;1-11(2)14(10-16-9-12(3)15)13-7-5-4-6-8-13;1-10(2)12(9-13-3)11-7-5-4-6-8-11;1-9(2)12-7-10-5-3-4-6-11(10)8-12;2*1-9(2)11(8-12)10-6-4-3-5-7-10/h3-12,15,18H,13-14H2,1-2H3;4-13,17H,1-3H3;4-13,17H,1-3H3;3-11,13H,12H2,1-2H3;4-8,11,14H,9-10H2,1-3H3;4-8,10,12H,9H2,1-3H3;3-6,9,12H,7-8H2,1-2H3;2*3-7,9,11-12H,8H2,1-2H3/t18-;2*17-;;14-;12-;;2*11-/m011.00.10/s1. The number of ketones is 1. The molecule has 0 amide bonds. The smallest absolute Gasteiger partial charge is 0.155 e. The summed E-state index contributed by atoms with van der Waals surface area (Å²) >= 11 is 0. The Balaban J connectivity index is 0.000000234. The summed E-state index contributed by atoms with van der Waals surface area (Å²) in [7, 11) is 3.46. The summed E-state index contributed by atoms with van der Waals surface area (Å²) in [6, 6.07) is 129. The van der Waals surface area contributed by atoms with Crippen molar-refractivity contribution in [3.05, 3.63) is 448 Å². The van der Waals surface area contributed by atoms with Gasteiger partial charge in [-0.1, -0.05) is 488 Å². The van der Waals surface area contributed by atoms with Crippen molar-refractivity contribution < 1.29 is 34.0 Å². The quantitative estimate of drug-likeness (QED) is 0.0423. The Morgan fingerprint density at radius 3 is 0.933 bits per heavy atom. The van der Waals surface area contributed by atoms with E-state index in [9.17, 15) is 4.79 Å². The number of methoxy groups -OCH3 is 2. The predicted molar refractivity (Wildman–Crippen MR) is 577 cm³/mol. The largest absolute Gasteiger partial charge is 0.497 e. The maximum absolute atomic E-state index is 10.8. The molecular weight excluding hydrogens is 1650 g/mol. The summed E-state index contributed by atoms with van der Waals surface area (Å²) in [5.74, 6) is 10.2. The third-order valence-electron chi connectivity index (χ3n) is 25.2. The number of aryl methyl sites for hydroxylation is 1. The van der Waals surface area contributed by atoms with E-state index < -0.39 is 0 Å². The molecule has 14 rings (SSSR count). The van der Waals surface area contributed by atoms with Crippen LogP contribution in [0, 0.1) is 66.1 Å². The van der Waals surface area contributed by atoms with Gasteiger partial charge in [0.25, 0.3) is 0 Å². The Bertz CT molecular complexity index is 5040. The molecule has 0 bridgehead atoms. The van der Waals surface area contributed by atoms with Gasteiger partial charge in [-0.2, -0.15) is 0 Å². The van der Waals surface area contributed by atoms with Crippen LogP contribution in [-0.4, -0.2) is 69.9 Å². The van der Waals surface area contributed by atoms with E-state index in [0.717, 1.165) is 37.2 Å². The van der Waals surface area contributed by atoms with Crippen molar-refractivity contribution in [1.29, 1.82) is 0 Å². The molecule has 0 heterocycles. The van der Waals surface area contributed by atoms with Crippen LogP contribution in [0.25, 0.3) is 11.1 Å². The number of rotatable bonds is 33. The molecular formula is C128H166O7. The fraction of sp³-hybridized carbons (Fsp3) is 0.383. The SMILES string of the molecule is CC(=O)COC[C@H](c1ccccc1)C(C)C.CC(C)C1Cc2ccccc2C1.CC(C)Cc1ccccc1-c1ccccc1.CC(C)[C@@H](CO)c1ccccc1.CC(C)[C@H](CO)c1ccccc1.CC(C)[C@H](COCc1ccccc1)c1ccccc1.COC[C@H](c1ccccc1)C(C)C.COc1ccc([C@@H](c2ccccc2)C(C)C)cc1.Cc1ccc([C@@H](c2ccccc2)C(C)C)cc1. The van der Waals surface area contributed by atoms with Gasteiger partial charge in [-0.3, -0.25) is 4.79 Å². The number of hydrogen-bond acceptors (Lipinski definition) is 7. The second-order valence-electron chi connectivity index (χ2n) is 39.1. The molecule has 13 aromatic rings. The fourth-order valence-corrected chi connectivity index (χ4v) is 17.2. The molecule has 13 aromatic carbocycles. The normalized spacial score (nSPS) is 13.0. The van der Waals surface area contributed by atoms with E-state index in [1.165, 1.54) is 90.7 Å². The highest BCUT2D eigenvalue weighted by Gasteiger charge is 2.25. The Labute approximate surface area is 818 Å². The molecule has 7 heteroatoms. The maximum atomic E-state index is 10.8. The predicted octanol–water partition coefficient (Wildman–Crippen LogP) is 32.5. The number of benzene rings is 13. The first-order valence-corrected chi connectivity index (χ1v) is 49.7. The summed E-state index contributed by atoms with van der Waals surface area (Å²) < 4.78 is 21.8. The van der Waals surface area contributed by atoms with Crippen LogP contribution in [0.4, 0.5) is 0 Å². The molecule has 1 aliphatic rings. The van der Waals surface area contributed by atoms with E-state index in [1.807, 2.05) is 78.9 Å². The second-order valence-corrected chi connectivity index (χ2v) is 39.1. The van der Waals surface area contributed by atoms with Crippen LogP contribution >= 0.6 is 0 Å². The molecule has 0 aliphatic heterocycles. The molecule has 7 nitrogen and oxygen atoms in total. The third kappa shape index (κ3) is 41.7. The minimum atomic E-state index is 0.0792. The van der Waals surface area contributed by atoms with E-state index in [2.05, 4.69) is 423 Å². The summed E-state index contributed by atoms with van der Waals surface area (Å²) in [5.41, 5.74) is 21.9. The molecule has 0 radical (unpaired) electrons. The van der Waals surface area contributed by atoms with Crippen LogP contribution < -0.4 is 4.74 Å². The zero-order valence-corrected chi connectivity index (χ0v) is 86.0. The molecule has 0 fully saturated rings. The van der Waals surface area contributed by atoms with E-state index in [1.54, 1.807) is 32.3 Å². The van der Waals surface area contributed by atoms with E-state index in [-0.39, 0.29) is 37.4 Å². The molecule has 0 saturated heterocycles. The van der Waals surface area contributed by atoms with Crippen molar-refractivity contribution in [1.82, 2.24) is 0 Å². The Morgan fingerprint density at radius 2 is 0.615 bits per heavy atom. The van der Waals surface area contributed by atoms with Gasteiger partial charge in [-0.25, -0.2) is 0 Å². The number of ether oxygens (including phenoxy) is 4. The minimum Gasteiger partial charge on any atom is -0.497 e. The lowest BCUT2D eigenvalue weighted by Crippen LogP contribution is -2.16. The number of aliphatic hydroxyl groups is 2. The summed E-state index contributed by atoms with van der Waals surface area (Å²) in [6.45, 7) is 47.4. The number of aliphatic hydroxyl groups excluding tert-OH is 2. The number of Topliss-reactive ketones (excluding diaryl/α,β-unsaturated/α-hetero) is 1. The van der Waals surface area contributed by atoms with Gasteiger partial charge in [-0.15, -0.1) is 0 Å². The van der Waals surface area contributed by atoms with Crippen molar-refractivity contribution in [3.8, 4) is 16.9 Å².